The third-order valence-corrected chi connectivity index (χ3v) is 7.35. The number of ether oxygens (including phenoxy) is 1. The Morgan fingerprint density at radius 3 is 2.38 bits per heavy atom. The maximum atomic E-state index is 12.7. The van der Waals surface area contributed by atoms with E-state index in [0.717, 1.165) is 46.4 Å². The molecule has 0 saturated heterocycles. The van der Waals surface area contributed by atoms with E-state index in [0.29, 0.717) is 10.2 Å². The van der Waals surface area contributed by atoms with Gasteiger partial charge < -0.3 is 15.0 Å². The van der Waals surface area contributed by atoms with E-state index in [-0.39, 0.29) is 5.56 Å². The zero-order chi connectivity index (χ0) is 23.9. The monoisotopic (exact) mass is 473 g/mol. The van der Waals surface area contributed by atoms with E-state index in [1.165, 1.54) is 17.7 Å². The van der Waals surface area contributed by atoms with Crippen molar-refractivity contribution in [2.24, 2.45) is 0 Å². The summed E-state index contributed by atoms with van der Waals surface area (Å²) >= 11 is 1.52. The average molecular weight is 474 g/mol. The van der Waals surface area contributed by atoms with Crippen LogP contribution in [0.4, 0.5) is 4.79 Å². The van der Waals surface area contributed by atoms with Gasteiger partial charge in [0.2, 0.25) is 0 Å². The van der Waals surface area contributed by atoms with Crippen molar-refractivity contribution < 1.29 is 9.53 Å². The molecule has 1 aliphatic rings. The average Bonchev–Trinajstić information content (AvgIpc) is 3.17. The molecule has 2 N–H and O–H groups in total. The lowest BCUT2D eigenvalue weighted by Gasteiger charge is -2.43. The molecular weight excluding hydrogens is 446 g/mol. The van der Waals surface area contributed by atoms with Gasteiger partial charge in [-0.15, -0.1) is 11.3 Å². The maximum Gasteiger partial charge on any atom is 0.408 e. The summed E-state index contributed by atoms with van der Waals surface area (Å²) in [7, 11) is 0. The molecule has 2 aromatic heterocycles. The first-order chi connectivity index (χ1) is 16.3. The van der Waals surface area contributed by atoms with Crippen LogP contribution in [0.1, 0.15) is 45.6 Å². The molecule has 0 atom stereocenters. The van der Waals surface area contributed by atoms with Gasteiger partial charge in [-0.1, -0.05) is 54.6 Å². The number of carbonyl (C=O) groups is 1. The molecule has 4 aromatic rings. The molecule has 0 unspecified atom stereocenters. The molecule has 1 aliphatic carbocycles. The van der Waals surface area contributed by atoms with Crippen molar-refractivity contribution >= 4 is 27.6 Å². The van der Waals surface area contributed by atoms with Gasteiger partial charge in [0.25, 0.3) is 5.56 Å². The van der Waals surface area contributed by atoms with Crippen molar-refractivity contribution in [3.05, 3.63) is 76.8 Å². The van der Waals surface area contributed by atoms with Crippen molar-refractivity contribution in [2.75, 3.05) is 0 Å². The number of H-pyrrole nitrogens is 1. The molecule has 2 heterocycles. The predicted molar refractivity (Wildman–Crippen MR) is 136 cm³/mol. The van der Waals surface area contributed by atoms with Crippen LogP contribution in [0.5, 0.6) is 0 Å². The summed E-state index contributed by atoms with van der Waals surface area (Å²) in [6, 6.07) is 18.2. The SMILES string of the molecule is CC(C)(C)OC(=O)NC1(c2ccc(-c3sc4nc[nH]c(=O)c4c3-c3ccccc3)cc2)CCC1. The number of thiophene rings is 1. The van der Waals surface area contributed by atoms with Gasteiger partial charge in [0, 0.05) is 10.4 Å². The van der Waals surface area contributed by atoms with Crippen molar-refractivity contribution in [1.82, 2.24) is 15.3 Å². The molecule has 1 fully saturated rings. The summed E-state index contributed by atoms with van der Waals surface area (Å²) in [5.41, 5.74) is 2.87. The highest BCUT2D eigenvalue weighted by Gasteiger charge is 2.41. The number of aromatic nitrogens is 2. The number of aromatic amines is 1. The zero-order valence-corrected chi connectivity index (χ0v) is 20.3. The lowest BCUT2D eigenvalue weighted by atomic mass is 9.71. The minimum absolute atomic E-state index is 0.141. The fourth-order valence-electron chi connectivity index (χ4n) is 4.48. The number of benzene rings is 2. The van der Waals surface area contributed by atoms with Gasteiger partial charge in [-0.2, -0.15) is 0 Å². The van der Waals surface area contributed by atoms with E-state index in [1.807, 2.05) is 51.1 Å². The van der Waals surface area contributed by atoms with Crippen molar-refractivity contribution in [3.8, 4) is 21.6 Å². The predicted octanol–water partition coefficient (Wildman–Crippen LogP) is 6.22. The number of nitrogens with zero attached hydrogens (tertiary/aromatic N) is 1. The number of amides is 1. The van der Waals surface area contributed by atoms with Gasteiger partial charge in [0.1, 0.15) is 10.4 Å². The molecule has 1 amide bonds. The van der Waals surface area contributed by atoms with E-state index in [4.69, 9.17) is 4.74 Å². The van der Waals surface area contributed by atoms with Crippen LogP contribution in [0.2, 0.25) is 0 Å². The molecule has 34 heavy (non-hydrogen) atoms. The highest BCUT2D eigenvalue weighted by atomic mass is 32.1. The first-order valence-corrected chi connectivity index (χ1v) is 12.3. The molecule has 0 aliphatic heterocycles. The number of nitrogens with one attached hydrogen (secondary N) is 2. The Morgan fingerprint density at radius 1 is 1.06 bits per heavy atom. The third-order valence-electron chi connectivity index (χ3n) is 6.20. The number of hydrogen-bond acceptors (Lipinski definition) is 5. The van der Waals surface area contributed by atoms with E-state index in [9.17, 15) is 9.59 Å². The number of fused-ring (bicyclic) bond motifs is 1. The second-order valence-electron chi connectivity index (χ2n) is 9.72. The molecule has 7 heteroatoms. The van der Waals surface area contributed by atoms with Crippen LogP contribution < -0.4 is 10.9 Å². The highest BCUT2D eigenvalue weighted by Crippen LogP contribution is 2.45. The standard InChI is InChI=1S/C27H27N3O3S/c1-26(2,3)33-25(32)30-27(14-7-15-27)19-12-10-18(11-13-19)22-20(17-8-5-4-6-9-17)21-23(31)28-16-29-24(21)34-22/h4-6,8-13,16H,7,14-15H2,1-3H3,(H,30,32)(H,28,29,31). The summed E-state index contributed by atoms with van der Waals surface area (Å²) < 4.78 is 5.51. The largest absolute Gasteiger partial charge is 0.444 e. The van der Waals surface area contributed by atoms with Crippen LogP contribution in [0.25, 0.3) is 31.8 Å². The maximum absolute atomic E-state index is 12.7. The Bertz CT molecular complexity index is 1400. The van der Waals surface area contributed by atoms with E-state index >= 15 is 0 Å². The van der Waals surface area contributed by atoms with Crippen molar-refractivity contribution in [3.63, 3.8) is 0 Å². The topological polar surface area (TPSA) is 84.1 Å². The zero-order valence-electron chi connectivity index (χ0n) is 19.5. The van der Waals surface area contributed by atoms with Gasteiger partial charge >= 0.3 is 6.09 Å². The summed E-state index contributed by atoms with van der Waals surface area (Å²) in [5.74, 6) is 0. The number of hydrogen-bond donors (Lipinski definition) is 2. The third kappa shape index (κ3) is 4.12. The van der Waals surface area contributed by atoms with Gasteiger partial charge in [0.05, 0.1) is 17.3 Å². The molecule has 5 rings (SSSR count). The summed E-state index contributed by atoms with van der Waals surface area (Å²) in [5, 5.41) is 3.73. The van der Waals surface area contributed by atoms with Crippen LogP contribution in [0.3, 0.4) is 0 Å². The summed E-state index contributed by atoms with van der Waals surface area (Å²) in [6.07, 6.45) is 3.87. The smallest absolute Gasteiger partial charge is 0.408 e. The normalized spacial score (nSPS) is 15.0. The van der Waals surface area contributed by atoms with Gasteiger partial charge in [-0.05, 0) is 56.7 Å². The van der Waals surface area contributed by atoms with E-state index in [2.05, 4.69) is 39.6 Å². The molecular formula is C27H27N3O3S. The van der Waals surface area contributed by atoms with Crippen molar-refractivity contribution in [1.29, 1.82) is 0 Å². The lowest BCUT2D eigenvalue weighted by molar-refractivity contribution is 0.0377. The van der Waals surface area contributed by atoms with E-state index in [1.54, 1.807) is 0 Å². The van der Waals surface area contributed by atoms with Gasteiger partial charge in [-0.25, -0.2) is 9.78 Å². The second-order valence-corrected chi connectivity index (χ2v) is 10.7. The Kier molecular flexibility index (Phi) is 5.52. The Hall–Kier alpha value is -3.45. The molecule has 0 bridgehead atoms. The second kappa shape index (κ2) is 8.40. The summed E-state index contributed by atoms with van der Waals surface area (Å²) in [4.78, 5) is 34.0. The Morgan fingerprint density at radius 2 is 1.76 bits per heavy atom. The van der Waals surface area contributed by atoms with Gasteiger partial charge in [0.15, 0.2) is 0 Å². The minimum atomic E-state index is -0.542. The van der Waals surface area contributed by atoms with Crippen LogP contribution >= 0.6 is 11.3 Å². The minimum Gasteiger partial charge on any atom is -0.444 e. The number of alkyl carbamates (subject to hydrolysis) is 1. The molecule has 0 spiro atoms. The molecule has 0 radical (unpaired) electrons. The van der Waals surface area contributed by atoms with E-state index < -0.39 is 17.2 Å². The first kappa shape index (κ1) is 22.3. The fourth-order valence-corrected chi connectivity index (χ4v) is 5.65. The summed E-state index contributed by atoms with van der Waals surface area (Å²) in [6.45, 7) is 5.60. The number of carbonyl (C=O) groups excluding carboxylic acids is 1. The molecule has 6 nitrogen and oxygen atoms in total. The highest BCUT2D eigenvalue weighted by molar-refractivity contribution is 7.22. The van der Waals surface area contributed by atoms with Crippen LogP contribution in [0, 0.1) is 0 Å². The quantitative estimate of drug-likeness (QED) is 0.368. The molecule has 2 aromatic carbocycles. The fraction of sp³-hybridized carbons (Fsp3) is 0.296. The van der Waals surface area contributed by atoms with Gasteiger partial charge in [-0.3, -0.25) is 4.79 Å². The number of rotatable bonds is 4. The Balaban J connectivity index is 1.53. The lowest BCUT2D eigenvalue weighted by Crippen LogP contribution is -2.52. The molecule has 1 saturated carbocycles. The van der Waals surface area contributed by atoms with Crippen LogP contribution in [0.15, 0.2) is 65.7 Å². The van der Waals surface area contributed by atoms with Crippen LogP contribution in [-0.4, -0.2) is 21.7 Å². The van der Waals surface area contributed by atoms with Crippen molar-refractivity contribution in [2.45, 2.75) is 51.2 Å². The Labute approximate surface area is 202 Å². The van der Waals surface area contributed by atoms with Crippen LogP contribution in [-0.2, 0) is 10.3 Å². The molecule has 174 valence electrons. The first-order valence-electron chi connectivity index (χ1n) is 11.4.